The summed E-state index contributed by atoms with van der Waals surface area (Å²) in [7, 11) is 1.71. The van der Waals surface area contributed by atoms with Crippen LogP contribution in [0.1, 0.15) is 25.7 Å². The molecule has 4 nitrogen and oxygen atoms in total. The minimum absolute atomic E-state index is 0.110. The fraction of sp³-hybridized carbons (Fsp3) is 0.909. The van der Waals surface area contributed by atoms with E-state index < -0.39 is 5.97 Å². The lowest BCUT2D eigenvalue weighted by Crippen LogP contribution is -2.45. The lowest BCUT2D eigenvalue weighted by Gasteiger charge is -2.37. The van der Waals surface area contributed by atoms with E-state index in [0.29, 0.717) is 12.1 Å². The SMILES string of the molecule is COCCN1C2CCC1CC(C(=O)O)C2. The second-order valence-corrected chi connectivity index (χ2v) is 4.62. The molecule has 86 valence electrons. The standard InChI is InChI=1S/C11H19NO3/c1-15-5-4-12-9-2-3-10(12)7-8(6-9)11(13)14/h8-10H,2-7H2,1H3,(H,13,14). The zero-order valence-electron chi connectivity index (χ0n) is 9.19. The maximum Gasteiger partial charge on any atom is 0.306 e. The Kier molecular flexibility index (Phi) is 3.26. The van der Waals surface area contributed by atoms with Gasteiger partial charge in [0.15, 0.2) is 0 Å². The van der Waals surface area contributed by atoms with Crippen LogP contribution < -0.4 is 0 Å². The number of hydrogen-bond acceptors (Lipinski definition) is 3. The highest BCUT2D eigenvalue weighted by Gasteiger charge is 2.42. The number of hydrogen-bond donors (Lipinski definition) is 1. The molecule has 4 heteroatoms. The summed E-state index contributed by atoms with van der Waals surface area (Å²) in [6, 6.07) is 0.972. The third-order valence-electron chi connectivity index (χ3n) is 3.79. The van der Waals surface area contributed by atoms with Gasteiger partial charge in [0.05, 0.1) is 12.5 Å². The van der Waals surface area contributed by atoms with E-state index in [1.54, 1.807) is 7.11 Å². The van der Waals surface area contributed by atoms with Gasteiger partial charge in [-0.15, -0.1) is 0 Å². The number of carbonyl (C=O) groups is 1. The summed E-state index contributed by atoms with van der Waals surface area (Å²) in [4.78, 5) is 13.4. The van der Waals surface area contributed by atoms with Gasteiger partial charge >= 0.3 is 5.97 Å². The minimum atomic E-state index is -0.613. The summed E-state index contributed by atoms with van der Waals surface area (Å²) >= 11 is 0. The monoisotopic (exact) mass is 213 g/mol. The van der Waals surface area contributed by atoms with Gasteiger partial charge in [-0.1, -0.05) is 0 Å². The van der Waals surface area contributed by atoms with E-state index in [-0.39, 0.29) is 5.92 Å². The average molecular weight is 213 g/mol. The highest BCUT2D eigenvalue weighted by molar-refractivity contribution is 5.70. The largest absolute Gasteiger partial charge is 0.481 e. The number of aliphatic carboxylic acids is 1. The van der Waals surface area contributed by atoms with Gasteiger partial charge in [-0.05, 0) is 25.7 Å². The van der Waals surface area contributed by atoms with Crippen LogP contribution in [0.3, 0.4) is 0 Å². The third kappa shape index (κ3) is 2.16. The first-order valence-corrected chi connectivity index (χ1v) is 5.70. The molecule has 0 aromatic heterocycles. The molecule has 0 aliphatic carbocycles. The van der Waals surface area contributed by atoms with Gasteiger partial charge in [-0.2, -0.15) is 0 Å². The number of fused-ring (bicyclic) bond motifs is 2. The Hall–Kier alpha value is -0.610. The Morgan fingerprint density at radius 1 is 1.40 bits per heavy atom. The van der Waals surface area contributed by atoms with E-state index in [4.69, 9.17) is 9.84 Å². The van der Waals surface area contributed by atoms with Gasteiger partial charge in [0.2, 0.25) is 0 Å². The molecule has 2 aliphatic heterocycles. The summed E-state index contributed by atoms with van der Waals surface area (Å²) in [6.07, 6.45) is 3.99. The Balaban J connectivity index is 1.94. The number of methoxy groups -OCH3 is 1. The fourth-order valence-corrected chi connectivity index (χ4v) is 3.04. The number of carboxylic acid groups (broad SMARTS) is 1. The molecule has 0 amide bonds. The molecule has 2 unspecified atom stereocenters. The predicted octanol–water partition coefficient (Wildman–Crippen LogP) is 0.960. The molecule has 2 saturated heterocycles. The predicted molar refractivity (Wildman–Crippen MR) is 55.8 cm³/mol. The van der Waals surface area contributed by atoms with Crippen molar-refractivity contribution in [3.05, 3.63) is 0 Å². The van der Waals surface area contributed by atoms with E-state index in [1.165, 1.54) is 0 Å². The smallest absolute Gasteiger partial charge is 0.306 e. The number of nitrogens with zero attached hydrogens (tertiary/aromatic N) is 1. The molecule has 2 fully saturated rings. The molecule has 0 aromatic carbocycles. The number of piperidine rings is 1. The van der Waals surface area contributed by atoms with Crippen molar-refractivity contribution in [2.75, 3.05) is 20.3 Å². The zero-order chi connectivity index (χ0) is 10.8. The van der Waals surface area contributed by atoms with Crippen LogP contribution in [0, 0.1) is 5.92 Å². The second kappa shape index (κ2) is 4.49. The third-order valence-corrected chi connectivity index (χ3v) is 3.79. The van der Waals surface area contributed by atoms with Gasteiger partial charge in [0.25, 0.3) is 0 Å². The van der Waals surface area contributed by atoms with Crippen molar-refractivity contribution >= 4 is 5.97 Å². The van der Waals surface area contributed by atoms with Crippen LogP contribution in [-0.2, 0) is 9.53 Å². The van der Waals surface area contributed by atoms with Gasteiger partial charge in [0, 0.05) is 25.7 Å². The van der Waals surface area contributed by atoms with Crippen LogP contribution in [-0.4, -0.2) is 48.3 Å². The molecule has 2 bridgehead atoms. The van der Waals surface area contributed by atoms with Gasteiger partial charge in [-0.3, -0.25) is 9.69 Å². The molecule has 2 rings (SSSR count). The van der Waals surface area contributed by atoms with Crippen LogP contribution in [0.2, 0.25) is 0 Å². The first-order chi connectivity index (χ1) is 7.22. The van der Waals surface area contributed by atoms with Crippen LogP contribution in [0.25, 0.3) is 0 Å². The molecule has 2 atom stereocenters. The van der Waals surface area contributed by atoms with Crippen LogP contribution >= 0.6 is 0 Å². The fourth-order valence-electron chi connectivity index (χ4n) is 3.04. The molecule has 2 aliphatic rings. The Bertz CT molecular complexity index is 230. The normalized spacial score (nSPS) is 35.7. The van der Waals surface area contributed by atoms with Gasteiger partial charge in [-0.25, -0.2) is 0 Å². The molecule has 0 spiro atoms. The Morgan fingerprint density at radius 3 is 2.47 bits per heavy atom. The van der Waals surface area contributed by atoms with Gasteiger partial charge in [0.1, 0.15) is 0 Å². The first-order valence-electron chi connectivity index (χ1n) is 5.70. The van der Waals surface area contributed by atoms with E-state index in [2.05, 4.69) is 4.90 Å². The molecule has 1 N–H and O–H groups in total. The highest BCUT2D eigenvalue weighted by atomic mass is 16.5. The summed E-state index contributed by atoms with van der Waals surface area (Å²) in [5.74, 6) is -0.723. The maximum absolute atomic E-state index is 11.0. The average Bonchev–Trinajstić information content (AvgIpc) is 2.47. The van der Waals surface area contributed by atoms with Crippen molar-refractivity contribution in [3.63, 3.8) is 0 Å². The van der Waals surface area contributed by atoms with Crippen molar-refractivity contribution in [1.29, 1.82) is 0 Å². The Morgan fingerprint density at radius 2 is 2.00 bits per heavy atom. The topological polar surface area (TPSA) is 49.8 Å². The van der Waals surface area contributed by atoms with Crippen molar-refractivity contribution in [2.24, 2.45) is 5.92 Å². The highest BCUT2D eigenvalue weighted by Crippen LogP contribution is 2.38. The maximum atomic E-state index is 11.0. The van der Waals surface area contributed by atoms with E-state index in [1.807, 2.05) is 0 Å². The Labute approximate surface area is 90.2 Å². The molecular weight excluding hydrogens is 194 g/mol. The zero-order valence-corrected chi connectivity index (χ0v) is 9.19. The van der Waals surface area contributed by atoms with Crippen molar-refractivity contribution in [3.8, 4) is 0 Å². The molecule has 15 heavy (non-hydrogen) atoms. The number of carboxylic acids is 1. The molecule has 0 aromatic rings. The number of ether oxygens (including phenoxy) is 1. The van der Waals surface area contributed by atoms with Crippen molar-refractivity contribution in [1.82, 2.24) is 4.90 Å². The molecular formula is C11H19NO3. The van der Waals surface area contributed by atoms with E-state index >= 15 is 0 Å². The second-order valence-electron chi connectivity index (χ2n) is 4.62. The minimum Gasteiger partial charge on any atom is -0.481 e. The molecule has 0 radical (unpaired) electrons. The summed E-state index contributed by atoms with van der Waals surface area (Å²) in [5, 5.41) is 9.02. The molecule has 2 heterocycles. The van der Waals surface area contributed by atoms with Crippen LogP contribution in [0.5, 0.6) is 0 Å². The van der Waals surface area contributed by atoms with Crippen molar-refractivity contribution in [2.45, 2.75) is 37.8 Å². The summed E-state index contributed by atoms with van der Waals surface area (Å²) in [5.41, 5.74) is 0. The number of rotatable bonds is 4. The van der Waals surface area contributed by atoms with E-state index in [9.17, 15) is 4.79 Å². The summed E-state index contributed by atoms with van der Waals surface area (Å²) in [6.45, 7) is 1.71. The lowest BCUT2D eigenvalue weighted by atomic mass is 9.91. The summed E-state index contributed by atoms with van der Waals surface area (Å²) < 4.78 is 5.09. The van der Waals surface area contributed by atoms with Crippen LogP contribution in [0.15, 0.2) is 0 Å². The van der Waals surface area contributed by atoms with Gasteiger partial charge < -0.3 is 9.84 Å². The first kappa shape index (κ1) is 10.9. The van der Waals surface area contributed by atoms with Crippen molar-refractivity contribution < 1.29 is 14.6 Å². The lowest BCUT2D eigenvalue weighted by molar-refractivity contribution is -0.144. The quantitative estimate of drug-likeness (QED) is 0.755. The molecule has 0 saturated carbocycles. The van der Waals surface area contributed by atoms with E-state index in [0.717, 1.165) is 38.8 Å². The van der Waals surface area contributed by atoms with Crippen LogP contribution in [0.4, 0.5) is 0 Å².